The van der Waals surface area contributed by atoms with Gasteiger partial charge in [-0.1, -0.05) is 34.1 Å². The van der Waals surface area contributed by atoms with Crippen LogP contribution in [0.25, 0.3) is 6.08 Å². The number of amides is 1. The van der Waals surface area contributed by atoms with Gasteiger partial charge in [-0.25, -0.2) is 0 Å². The molecule has 0 radical (unpaired) electrons. The number of fused-ring (bicyclic) bond motifs is 1. The van der Waals surface area contributed by atoms with Crippen LogP contribution in [0.1, 0.15) is 5.56 Å². The van der Waals surface area contributed by atoms with Crippen molar-refractivity contribution in [1.29, 1.82) is 0 Å². The van der Waals surface area contributed by atoms with Crippen molar-refractivity contribution in [2.24, 2.45) is 0 Å². The molecular weight excluding hydrogens is 346 g/mol. The average Bonchev–Trinajstić information content (AvgIpc) is 2.54. The molecule has 0 fully saturated rings. The number of ether oxygens (including phenoxy) is 2. The number of nitrogens with one attached hydrogen (secondary N) is 1. The lowest BCUT2D eigenvalue weighted by atomic mass is 10.1. The second-order valence-corrected chi connectivity index (χ2v) is 5.71. The third-order valence-corrected chi connectivity index (χ3v) is 3.83. The Labute approximate surface area is 136 Å². The standard InChI is InChI=1S/C17H14BrNO3/c1-21-16-7-6-13(18)9-14(16)19-17(20)12-8-11-4-2-3-5-15(11)22-10-12/h2-9H,10H2,1H3,(H,19,20). The summed E-state index contributed by atoms with van der Waals surface area (Å²) in [6.45, 7) is 0.249. The molecule has 22 heavy (non-hydrogen) atoms. The average molecular weight is 360 g/mol. The van der Waals surface area contributed by atoms with E-state index >= 15 is 0 Å². The maximum atomic E-state index is 12.4. The Morgan fingerprint density at radius 1 is 1.27 bits per heavy atom. The molecule has 2 aromatic carbocycles. The van der Waals surface area contributed by atoms with Crippen LogP contribution in [0.15, 0.2) is 52.5 Å². The lowest BCUT2D eigenvalue weighted by Gasteiger charge is -2.18. The Morgan fingerprint density at radius 3 is 2.91 bits per heavy atom. The highest BCUT2D eigenvalue weighted by atomic mass is 79.9. The highest BCUT2D eigenvalue weighted by Gasteiger charge is 2.18. The molecule has 1 aliphatic heterocycles. The minimum absolute atomic E-state index is 0.203. The Morgan fingerprint density at radius 2 is 2.09 bits per heavy atom. The van der Waals surface area contributed by atoms with Crippen molar-refractivity contribution >= 4 is 33.6 Å². The van der Waals surface area contributed by atoms with Crippen molar-refractivity contribution in [2.45, 2.75) is 0 Å². The number of benzene rings is 2. The van der Waals surface area contributed by atoms with Gasteiger partial charge in [-0.05, 0) is 30.3 Å². The van der Waals surface area contributed by atoms with Crippen molar-refractivity contribution < 1.29 is 14.3 Å². The van der Waals surface area contributed by atoms with Gasteiger partial charge >= 0.3 is 0 Å². The first-order valence-corrected chi connectivity index (χ1v) is 7.54. The predicted molar refractivity (Wildman–Crippen MR) is 89.2 cm³/mol. The number of carbonyl (C=O) groups excluding carboxylic acids is 1. The molecule has 0 saturated carbocycles. The first kappa shape index (κ1) is 14.7. The SMILES string of the molecule is COc1ccc(Br)cc1NC(=O)C1=Cc2ccccc2OC1. The molecule has 1 N–H and O–H groups in total. The molecule has 4 nitrogen and oxygen atoms in total. The molecular formula is C17H14BrNO3. The fourth-order valence-corrected chi connectivity index (χ4v) is 2.59. The Hall–Kier alpha value is -2.27. The van der Waals surface area contributed by atoms with E-state index < -0.39 is 0 Å². The van der Waals surface area contributed by atoms with Gasteiger partial charge < -0.3 is 14.8 Å². The molecule has 3 rings (SSSR count). The Balaban J connectivity index is 1.84. The van der Waals surface area contributed by atoms with Crippen molar-refractivity contribution in [2.75, 3.05) is 19.0 Å². The molecule has 5 heteroatoms. The molecule has 0 atom stereocenters. The number of methoxy groups -OCH3 is 1. The van der Waals surface area contributed by atoms with Gasteiger partial charge in [0.25, 0.3) is 5.91 Å². The molecule has 0 aromatic heterocycles. The quantitative estimate of drug-likeness (QED) is 0.904. The maximum absolute atomic E-state index is 12.4. The molecule has 1 heterocycles. The van der Waals surface area contributed by atoms with E-state index in [1.165, 1.54) is 0 Å². The first-order valence-electron chi connectivity index (χ1n) is 6.74. The van der Waals surface area contributed by atoms with E-state index in [4.69, 9.17) is 9.47 Å². The summed E-state index contributed by atoms with van der Waals surface area (Å²) in [5, 5.41) is 2.86. The minimum atomic E-state index is -0.203. The lowest BCUT2D eigenvalue weighted by molar-refractivity contribution is -0.113. The summed E-state index contributed by atoms with van der Waals surface area (Å²) in [6.07, 6.45) is 1.85. The minimum Gasteiger partial charge on any atom is -0.495 e. The zero-order chi connectivity index (χ0) is 15.5. The van der Waals surface area contributed by atoms with Gasteiger partial charge in [-0.2, -0.15) is 0 Å². The van der Waals surface area contributed by atoms with Gasteiger partial charge in [0.15, 0.2) is 0 Å². The van der Waals surface area contributed by atoms with Gasteiger partial charge in [-0.15, -0.1) is 0 Å². The number of para-hydroxylation sites is 1. The summed E-state index contributed by atoms with van der Waals surface area (Å²) in [7, 11) is 1.57. The monoisotopic (exact) mass is 359 g/mol. The second kappa shape index (κ2) is 6.23. The number of rotatable bonds is 3. The zero-order valence-corrected chi connectivity index (χ0v) is 13.5. The van der Waals surface area contributed by atoms with E-state index in [2.05, 4.69) is 21.2 Å². The molecule has 112 valence electrons. The molecule has 0 bridgehead atoms. The zero-order valence-electron chi connectivity index (χ0n) is 11.9. The second-order valence-electron chi connectivity index (χ2n) is 4.79. The van der Waals surface area contributed by atoms with Crippen LogP contribution < -0.4 is 14.8 Å². The number of halogens is 1. The van der Waals surface area contributed by atoms with Crippen LogP contribution >= 0.6 is 15.9 Å². The summed E-state index contributed by atoms with van der Waals surface area (Å²) in [5.74, 6) is 1.19. The van der Waals surface area contributed by atoms with E-state index in [1.54, 1.807) is 19.2 Å². The third-order valence-electron chi connectivity index (χ3n) is 3.33. The molecule has 0 saturated heterocycles. The molecule has 0 spiro atoms. The van der Waals surface area contributed by atoms with Crippen molar-refractivity contribution in [1.82, 2.24) is 0 Å². The van der Waals surface area contributed by atoms with Crippen molar-refractivity contribution in [3.8, 4) is 11.5 Å². The summed E-state index contributed by atoms with van der Waals surface area (Å²) < 4.78 is 11.7. The molecule has 0 unspecified atom stereocenters. The number of anilines is 1. The van der Waals surface area contributed by atoms with Gasteiger partial charge in [0.2, 0.25) is 0 Å². The van der Waals surface area contributed by atoms with E-state index in [-0.39, 0.29) is 12.5 Å². The van der Waals surface area contributed by atoms with E-state index in [9.17, 15) is 4.79 Å². The maximum Gasteiger partial charge on any atom is 0.255 e. The fourth-order valence-electron chi connectivity index (χ4n) is 2.23. The summed E-state index contributed by atoms with van der Waals surface area (Å²) in [6, 6.07) is 13.1. The Kier molecular flexibility index (Phi) is 4.15. The van der Waals surface area contributed by atoms with Crippen molar-refractivity contribution in [3.63, 3.8) is 0 Å². The Bertz CT molecular complexity index is 755. The summed E-state index contributed by atoms with van der Waals surface area (Å²) in [4.78, 5) is 12.4. The number of hydrogen-bond donors (Lipinski definition) is 1. The normalized spacial score (nSPS) is 12.7. The molecule has 1 aliphatic rings. The van der Waals surface area contributed by atoms with Gasteiger partial charge in [0.05, 0.1) is 18.4 Å². The molecule has 2 aromatic rings. The van der Waals surface area contributed by atoms with Crippen molar-refractivity contribution in [3.05, 3.63) is 58.1 Å². The van der Waals surface area contributed by atoms with E-state index in [0.717, 1.165) is 15.8 Å². The third kappa shape index (κ3) is 2.99. The highest BCUT2D eigenvalue weighted by molar-refractivity contribution is 9.10. The highest BCUT2D eigenvalue weighted by Crippen LogP contribution is 2.30. The van der Waals surface area contributed by atoms with E-state index in [0.29, 0.717) is 17.0 Å². The van der Waals surface area contributed by atoms with Crippen LogP contribution in [-0.2, 0) is 4.79 Å². The topological polar surface area (TPSA) is 47.6 Å². The largest absolute Gasteiger partial charge is 0.495 e. The fraction of sp³-hybridized carbons (Fsp3) is 0.118. The van der Waals surface area contributed by atoms with Gasteiger partial charge in [0.1, 0.15) is 18.1 Å². The predicted octanol–water partition coefficient (Wildman–Crippen LogP) is 3.87. The number of hydrogen-bond acceptors (Lipinski definition) is 3. The first-order chi connectivity index (χ1) is 10.7. The molecule has 0 aliphatic carbocycles. The van der Waals surface area contributed by atoms with Crippen LogP contribution in [-0.4, -0.2) is 19.6 Å². The van der Waals surface area contributed by atoms with Crippen LogP contribution in [0.2, 0.25) is 0 Å². The number of carbonyl (C=O) groups is 1. The smallest absolute Gasteiger partial charge is 0.255 e. The summed E-state index contributed by atoms with van der Waals surface area (Å²) in [5.41, 5.74) is 2.09. The lowest BCUT2D eigenvalue weighted by Crippen LogP contribution is -2.21. The molecule has 1 amide bonds. The van der Waals surface area contributed by atoms with Gasteiger partial charge in [-0.3, -0.25) is 4.79 Å². The summed E-state index contributed by atoms with van der Waals surface area (Å²) >= 11 is 3.39. The van der Waals surface area contributed by atoms with E-state index in [1.807, 2.05) is 36.4 Å². The van der Waals surface area contributed by atoms with Crippen LogP contribution in [0.5, 0.6) is 11.5 Å². The van der Waals surface area contributed by atoms with Crippen LogP contribution in [0.4, 0.5) is 5.69 Å². The van der Waals surface area contributed by atoms with Gasteiger partial charge in [0, 0.05) is 10.0 Å². The van der Waals surface area contributed by atoms with Crippen LogP contribution in [0, 0.1) is 0 Å². The van der Waals surface area contributed by atoms with Crippen LogP contribution in [0.3, 0.4) is 0 Å².